The van der Waals surface area contributed by atoms with Gasteiger partial charge in [-0.1, -0.05) is 75.7 Å². The Bertz CT molecular complexity index is 1660. The van der Waals surface area contributed by atoms with E-state index in [0.717, 1.165) is 0 Å². The van der Waals surface area contributed by atoms with Crippen molar-refractivity contribution in [2.75, 3.05) is 6.54 Å². The van der Waals surface area contributed by atoms with Crippen LogP contribution in [0.1, 0.15) is 109 Å². The number of amides is 8. The summed E-state index contributed by atoms with van der Waals surface area (Å²) in [4.78, 5) is 129. The largest absolute Gasteiger partial charge is 0.481 e. The molecular formula is C42H75N9O14. The smallest absolute Gasteiger partial charge is 0.326 e. The van der Waals surface area contributed by atoms with Gasteiger partial charge in [0.1, 0.15) is 42.3 Å². The second-order valence-corrected chi connectivity index (χ2v) is 18.0. The van der Waals surface area contributed by atoms with Crippen LogP contribution in [0.2, 0.25) is 0 Å². The molecule has 0 saturated carbocycles. The number of nitrogens with one attached hydrogen (secondary N) is 8. The van der Waals surface area contributed by atoms with E-state index in [2.05, 4.69) is 42.5 Å². The van der Waals surface area contributed by atoms with Gasteiger partial charge in [0.05, 0.1) is 31.2 Å². The number of carbonyl (C=O) groups excluding carboxylic acids is 8. The lowest BCUT2D eigenvalue weighted by molar-refractivity contribution is -0.143. The number of rotatable bonds is 29. The van der Waals surface area contributed by atoms with Gasteiger partial charge < -0.3 is 68.7 Å². The Morgan fingerprint density at radius 2 is 0.846 bits per heavy atom. The molecular weight excluding hydrogens is 855 g/mol. The normalized spacial score (nSPS) is 16.5. The molecule has 8 amide bonds. The van der Waals surface area contributed by atoms with Crippen LogP contribution in [0.3, 0.4) is 0 Å². The first-order chi connectivity index (χ1) is 29.9. The van der Waals surface area contributed by atoms with Gasteiger partial charge >= 0.3 is 11.9 Å². The summed E-state index contributed by atoms with van der Waals surface area (Å²) in [6.45, 7) is 18.6. The number of hydrogen-bond acceptors (Lipinski definition) is 13. The molecule has 0 aromatic rings. The van der Waals surface area contributed by atoms with Gasteiger partial charge in [-0.25, -0.2) is 4.79 Å². The van der Waals surface area contributed by atoms with Crippen molar-refractivity contribution in [1.82, 2.24) is 42.5 Å². The Balaban J connectivity index is 6.23. The maximum absolute atomic E-state index is 13.9. The number of aliphatic hydroxyl groups is 2. The number of carboxylic acids is 2. The van der Waals surface area contributed by atoms with Crippen LogP contribution in [0.5, 0.6) is 0 Å². The van der Waals surface area contributed by atoms with Gasteiger partial charge in [-0.2, -0.15) is 0 Å². The topological polar surface area (TPSA) is 374 Å². The van der Waals surface area contributed by atoms with Crippen LogP contribution in [-0.2, 0) is 47.9 Å². The van der Waals surface area contributed by atoms with E-state index in [1.807, 2.05) is 0 Å². The highest BCUT2D eigenvalue weighted by molar-refractivity contribution is 5.98. The molecule has 372 valence electrons. The van der Waals surface area contributed by atoms with Crippen LogP contribution in [0.4, 0.5) is 0 Å². The zero-order valence-corrected chi connectivity index (χ0v) is 39.6. The van der Waals surface area contributed by atoms with Gasteiger partial charge in [-0.05, 0) is 56.3 Å². The Labute approximate surface area is 380 Å². The zero-order chi connectivity index (χ0) is 50.6. The summed E-state index contributed by atoms with van der Waals surface area (Å²) in [7, 11) is 0. The van der Waals surface area contributed by atoms with Gasteiger partial charge in [-0.15, -0.1) is 0 Å². The molecule has 0 heterocycles. The Hall–Kier alpha value is -5.42. The maximum Gasteiger partial charge on any atom is 0.326 e. The summed E-state index contributed by atoms with van der Waals surface area (Å²) in [5.74, 6) is -11.8. The highest BCUT2D eigenvalue weighted by atomic mass is 16.4. The van der Waals surface area contributed by atoms with Crippen molar-refractivity contribution in [2.24, 2.45) is 35.3 Å². The molecule has 0 radical (unpaired) electrons. The SMILES string of the molecule is CC[C@H](C)[C@H](NC(=O)[C@@H](NC(=O)[C@@H](NC(=O)[C@H](CC(C)C)NC(=O)CNC(=O)[C@@H](N)CC(=O)O)[C@@H](C)O)C(C)C)C(=O)N[C@H](C(=O)N[C@H](C(=O)N[C@@H](CC(C)C)C(=O)O)[C@@H](C)O)C(C)C. The van der Waals surface area contributed by atoms with Gasteiger partial charge in [0, 0.05) is 0 Å². The van der Waals surface area contributed by atoms with E-state index < -0.39 is 150 Å². The second kappa shape index (κ2) is 28.5. The number of carboxylic acid groups (broad SMARTS) is 2. The number of aliphatic hydroxyl groups excluding tert-OH is 2. The van der Waals surface area contributed by atoms with Crippen LogP contribution < -0.4 is 48.3 Å². The van der Waals surface area contributed by atoms with E-state index >= 15 is 0 Å². The van der Waals surface area contributed by atoms with E-state index in [4.69, 9.17) is 10.8 Å². The average Bonchev–Trinajstić information content (AvgIpc) is 3.18. The fraction of sp³-hybridized carbons (Fsp3) is 0.762. The fourth-order valence-corrected chi connectivity index (χ4v) is 6.29. The summed E-state index contributed by atoms with van der Waals surface area (Å²) in [6.07, 6.45) is -3.20. The maximum atomic E-state index is 13.9. The molecule has 23 nitrogen and oxygen atoms in total. The number of nitrogens with two attached hydrogens (primary N) is 1. The highest BCUT2D eigenvalue weighted by Crippen LogP contribution is 2.14. The zero-order valence-electron chi connectivity index (χ0n) is 39.6. The van der Waals surface area contributed by atoms with Gasteiger partial charge in [0.15, 0.2) is 0 Å². The third-order valence-corrected chi connectivity index (χ3v) is 10.2. The molecule has 11 atom stereocenters. The first kappa shape index (κ1) is 59.6. The number of aliphatic carboxylic acids is 2. The van der Waals surface area contributed by atoms with E-state index in [1.165, 1.54) is 13.8 Å². The number of hydrogen-bond donors (Lipinski definition) is 13. The average molecular weight is 930 g/mol. The molecule has 0 aliphatic carbocycles. The summed E-state index contributed by atoms with van der Waals surface area (Å²) < 4.78 is 0. The van der Waals surface area contributed by atoms with Crippen molar-refractivity contribution in [3.63, 3.8) is 0 Å². The summed E-state index contributed by atoms with van der Waals surface area (Å²) in [5, 5.41) is 59.0. The Kier molecular flexibility index (Phi) is 26.1. The molecule has 0 aliphatic rings. The van der Waals surface area contributed by atoms with Crippen molar-refractivity contribution in [3.05, 3.63) is 0 Å². The summed E-state index contributed by atoms with van der Waals surface area (Å²) in [6, 6.07) is -11.2. The fourth-order valence-electron chi connectivity index (χ4n) is 6.29. The molecule has 23 heteroatoms. The van der Waals surface area contributed by atoms with Crippen molar-refractivity contribution < 1.29 is 68.4 Å². The molecule has 0 aromatic heterocycles. The van der Waals surface area contributed by atoms with Crippen molar-refractivity contribution >= 4 is 59.2 Å². The monoisotopic (exact) mass is 930 g/mol. The summed E-state index contributed by atoms with van der Waals surface area (Å²) in [5.41, 5.74) is 5.51. The lowest BCUT2D eigenvalue weighted by Crippen LogP contribution is -2.63. The molecule has 0 unspecified atom stereocenters. The molecule has 14 N–H and O–H groups in total. The van der Waals surface area contributed by atoms with Gasteiger partial charge in [0.25, 0.3) is 0 Å². The third-order valence-electron chi connectivity index (χ3n) is 10.2. The van der Waals surface area contributed by atoms with Crippen molar-refractivity contribution in [3.8, 4) is 0 Å². The van der Waals surface area contributed by atoms with E-state index in [9.17, 15) is 63.3 Å². The molecule has 0 rings (SSSR count). The lowest BCUT2D eigenvalue weighted by Gasteiger charge is -2.32. The van der Waals surface area contributed by atoms with Crippen LogP contribution >= 0.6 is 0 Å². The van der Waals surface area contributed by atoms with E-state index in [1.54, 1.807) is 69.2 Å². The predicted octanol–water partition coefficient (Wildman–Crippen LogP) is -2.41. The van der Waals surface area contributed by atoms with Gasteiger partial charge in [0.2, 0.25) is 47.3 Å². The minimum atomic E-state index is -1.66. The predicted molar refractivity (Wildman–Crippen MR) is 236 cm³/mol. The lowest BCUT2D eigenvalue weighted by atomic mass is 9.95. The van der Waals surface area contributed by atoms with Crippen LogP contribution in [0.15, 0.2) is 0 Å². The highest BCUT2D eigenvalue weighted by Gasteiger charge is 2.38. The second-order valence-electron chi connectivity index (χ2n) is 18.0. The molecule has 65 heavy (non-hydrogen) atoms. The quantitative estimate of drug-likeness (QED) is 0.0372. The molecule has 0 saturated heterocycles. The molecule has 0 aliphatic heterocycles. The van der Waals surface area contributed by atoms with Gasteiger partial charge in [-0.3, -0.25) is 43.2 Å². The van der Waals surface area contributed by atoms with Crippen LogP contribution in [-0.4, -0.2) is 147 Å². The first-order valence-electron chi connectivity index (χ1n) is 21.9. The Morgan fingerprint density at radius 1 is 0.477 bits per heavy atom. The standard InChI is InChI=1S/C42H75N9O14/c1-13-22(10)32(39(61)47-31(21(8)9)38(60)51-33(23(11)52)40(62)46-27(42(64)65)15-19(4)5)49-37(59)30(20(6)7)48-41(63)34(24(12)53)50-36(58)26(14-18(2)3)45-28(54)17-44-35(57)25(43)16-29(55)56/h18-27,30-34,52-53H,13-17,43H2,1-12H3,(H,44,57)(H,45,54)(H,46,62)(H,47,61)(H,48,63)(H,49,59)(H,50,58)(H,51,60)(H,55,56)(H,64,65)/t22-,23+,24+,25-,26-,27-,30-,31-,32-,33-,34-/m0/s1. The molecule has 0 fully saturated rings. The van der Waals surface area contributed by atoms with Crippen LogP contribution in [0, 0.1) is 29.6 Å². The molecule has 0 spiro atoms. The minimum absolute atomic E-state index is 0.0513. The van der Waals surface area contributed by atoms with Crippen LogP contribution in [0.25, 0.3) is 0 Å². The van der Waals surface area contributed by atoms with E-state index in [0.29, 0.717) is 6.42 Å². The van der Waals surface area contributed by atoms with Crippen molar-refractivity contribution in [1.29, 1.82) is 0 Å². The van der Waals surface area contributed by atoms with E-state index in [-0.39, 0.29) is 24.7 Å². The first-order valence-corrected chi connectivity index (χ1v) is 21.9. The molecule has 0 bridgehead atoms. The third kappa shape index (κ3) is 21.4. The minimum Gasteiger partial charge on any atom is -0.481 e. The summed E-state index contributed by atoms with van der Waals surface area (Å²) >= 11 is 0. The Morgan fingerprint density at radius 3 is 1.23 bits per heavy atom. The molecule has 0 aromatic carbocycles. The number of carbonyl (C=O) groups is 10. The van der Waals surface area contributed by atoms with Crippen molar-refractivity contribution in [2.45, 2.75) is 169 Å².